The van der Waals surface area contributed by atoms with Crippen LogP contribution >= 0.6 is 0 Å². The molecule has 38 heavy (non-hydrogen) atoms. The minimum atomic E-state index is -1.89. The molecule has 1 aromatic heterocycles. The number of carbonyl (C=O) groups is 3. The molecule has 0 fully saturated rings. The molecule has 0 aliphatic rings. The van der Waals surface area contributed by atoms with E-state index < -0.39 is 35.9 Å². The predicted octanol–water partition coefficient (Wildman–Crippen LogP) is 3.88. The number of anilines is 2. The Bertz CT molecular complexity index is 1520. The van der Waals surface area contributed by atoms with E-state index in [0.717, 1.165) is 16.2 Å². The van der Waals surface area contributed by atoms with Gasteiger partial charge in [0.15, 0.2) is 6.10 Å². The Hall–Kier alpha value is -4.77. The van der Waals surface area contributed by atoms with Gasteiger partial charge in [0.2, 0.25) is 5.95 Å². The Morgan fingerprint density at radius 3 is 2.34 bits per heavy atom. The number of hydrogen-bond donors (Lipinski definition) is 5. The average Bonchev–Trinajstić information content (AvgIpc) is 3.22. The van der Waals surface area contributed by atoms with Crippen molar-refractivity contribution in [2.45, 2.75) is 31.9 Å². The Kier molecular flexibility index (Phi) is 7.40. The van der Waals surface area contributed by atoms with Gasteiger partial charge < -0.3 is 26.6 Å². The summed E-state index contributed by atoms with van der Waals surface area (Å²) in [7, 11) is 0. The van der Waals surface area contributed by atoms with Crippen LogP contribution in [0.25, 0.3) is 11.0 Å². The lowest BCUT2D eigenvalue weighted by Crippen LogP contribution is -2.43. The lowest BCUT2D eigenvalue weighted by Gasteiger charge is -2.24. The molecule has 6 N–H and O–H groups in total. The predicted molar refractivity (Wildman–Crippen MR) is 139 cm³/mol. The van der Waals surface area contributed by atoms with Crippen molar-refractivity contribution in [3.05, 3.63) is 89.2 Å². The zero-order chi connectivity index (χ0) is 27.6. The third-order valence-electron chi connectivity index (χ3n) is 6.09. The zero-order valence-electron chi connectivity index (χ0n) is 20.6. The molecular formula is C27H26FN5O5. The zero-order valence-corrected chi connectivity index (χ0v) is 20.6. The molecule has 0 bridgehead atoms. The van der Waals surface area contributed by atoms with Gasteiger partial charge in [-0.3, -0.25) is 9.59 Å². The SMILES string of the molecule is CC(C)c1ccc(C(=O)NC(c2ccccc2F)C(O)C(=O)Nc2ccc3c(c2)nc(N)n3C(=O)O)cc1. The number of benzene rings is 3. The van der Waals surface area contributed by atoms with E-state index in [1.165, 1.54) is 36.4 Å². The first-order valence-corrected chi connectivity index (χ1v) is 11.7. The summed E-state index contributed by atoms with van der Waals surface area (Å²) in [4.78, 5) is 41.4. The number of aliphatic hydroxyl groups is 1. The molecule has 2 atom stereocenters. The van der Waals surface area contributed by atoms with E-state index >= 15 is 0 Å². The smallest absolute Gasteiger partial charge is 0.418 e. The third-order valence-corrected chi connectivity index (χ3v) is 6.09. The number of hydrogen-bond acceptors (Lipinski definition) is 6. The van der Waals surface area contributed by atoms with Crippen molar-refractivity contribution in [3.63, 3.8) is 0 Å². The normalized spacial score (nSPS) is 12.8. The molecule has 4 rings (SSSR count). The lowest BCUT2D eigenvalue weighted by atomic mass is 9.98. The molecule has 0 aliphatic carbocycles. The second-order valence-electron chi connectivity index (χ2n) is 8.97. The van der Waals surface area contributed by atoms with Gasteiger partial charge in [-0.1, -0.05) is 44.2 Å². The lowest BCUT2D eigenvalue weighted by molar-refractivity contribution is -0.125. The molecule has 0 radical (unpaired) electrons. The number of imidazole rings is 1. The van der Waals surface area contributed by atoms with Crippen LogP contribution in [0.4, 0.5) is 20.8 Å². The molecule has 0 saturated heterocycles. The number of nitrogens with zero attached hydrogens (tertiary/aromatic N) is 2. The van der Waals surface area contributed by atoms with Gasteiger partial charge >= 0.3 is 6.09 Å². The van der Waals surface area contributed by atoms with E-state index in [4.69, 9.17) is 5.73 Å². The van der Waals surface area contributed by atoms with Crippen LogP contribution in [0.5, 0.6) is 0 Å². The fourth-order valence-electron chi connectivity index (χ4n) is 4.04. The number of amides is 2. The monoisotopic (exact) mass is 519 g/mol. The van der Waals surface area contributed by atoms with Gasteiger partial charge in [-0.15, -0.1) is 0 Å². The van der Waals surface area contributed by atoms with Gasteiger partial charge in [0.05, 0.1) is 17.1 Å². The van der Waals surface area contributed by atoms with Crippen molar-refractivity contribution in [3.8, 4) is 0 Å². The first-order valence-electron chi connectivity index (χ1n) is 11.7. The number of carbonyl (C=O) groups excluding carboxylic acids is 2. The number of rotatable bonds is 7. The number of carboxylic acid groups (broad SMARTS) is 1. The first kappa shape index (κ1) is 26.3. The number of nitrogens with two attached hydrogens (primary N) is 1. The van der Waals surface area contributed by atoms with E-state index in [1.54, 1.807) is 24.3 Å². The number of aromatic nitrogens is 2. The number of aliphatic hydroxyl groups excluding tert-OH is 1. The first-order chi connectivity index (χ1) is 18.1. The molecule has 1 heterocycles. The number of fused-ring (bicyclic) bond motifs is 1. The number of nitrogens with one attached hydrogen (secondary N) is 2. The van der Waals surface area contributed by atoms with Crippen LogP contribution < -0.4 is 16.4 Å². The summed E-state index contributed by atoms with van der Waals surface area (Å²) in [5.41, 5.74) is 7.46. The van der Waals surface area contributed by atoms with Gasteiger partial charge in [0, 0.05) is 16.8 Å². The number of halogens is 1. The third kappa shape index (κ3) is 5.32. The highest BCUT2D eigenvalue weighted by molar-refractivity contribution is 5.99. The summed E-state index contributed by atoms with van der Waals surface area (Å²) in [5, 5.41) is 25.3. The summed E-state index contributed by atoms with van der Waals surface area (Å²) >= 11 is 0. The second kappa shape index (κ2) is 10.7. The van der Waals surface area contributed by atoms with Crippen molar-refractivity contribution in [1.82, 2.24) is 14.9 Å². The maximum Gasteiger partial charge on any atom is 0.418 e. The molecule has 2 amide bonds. The Morgan fingerprint density at radius 1 is 1.03 bits per heavy atom. The van der Waals surface area contributed by atoms with Crippen molar-refractivity contribution in [2.24, 2.45) is 0 Å². The highest BCUT2D eigenvalue weighted by atomic mass is 19.1. The molecule has 0 aliphatic heterocycles. The molecule has 3 aromatic carbocycles. The summed E-state index contributed by atoms with van der Waals surface area (Å²) in [6, 6.07) is 15.1. The van der Waals surface area contributed by atoms with Gasteiger partial charge in [-0.25, -0.2) is 18.7 Å². The molecule has 0 saturated carbocycles. The summed E-state index contributed by atoms with van der Waals surface area (Å²) in [5.74, 6) is -2.23. The van der Waals surface area contributed by atoms with E-state index in [-0.39, 0.29) is 39.7 Å². The summed E-state index contributed by atoms with van der Waals surface area (Å²) in [6.07, 6.45) is -3.21. The minimum Gasteiger partial charge on any atom is -0.464 e. The topological polar surface area (TPSA) is 160 Å². The van der Waals surface area contributed by atoms with Gasteiger partial charge in [0.1, 0.15) is 5.82 Å². The van der Waals surface area contributed by atoms with Crippen molar-refractivity contribution in [2.75, 3.05) is 11.1 Å². The molecule has 11 heteroatoms. The van der Waals surface area contributed by atoms with E-state index in [2.05, 4.69) is 15.6 Å². The molecule has 10 nitrogen and oxygen atoms in total. The van der Waals surface area contributed by atoms with Gasteiger partial charge in [0.25, 0.3) is 11.8 Å². The molecule has 0 spiro atoms. The van der Waals surface area contributed by atoms with Crippen molar-refractivity contribution >= 4 is 40.6 Å². The molecule has 4 aromatic rings. The van der Waals surface area contributed by atoms with E-state index in [1.807, 2.05) is 13.8 Å². The van der Waals surface area contributed by atoms with Crippen LogP contribution in [0.15, 0.2) is 66.7 Å². The van der Waals surface area contributed by atoms with Crippen LogP contribution in [0.3, 0.4) is 0 Å². The van der Waals surface area contributed by atoms with Crippen molar-refractivity contribution < 1.29 is 29.0 Å². The van der Waals surface area contributed by atoms with Crippen LogP contribution in [-0.4, -0.2) is 43.8 Å². The quantitative estimate of drug-likeness (QED) is 0.248. The Balaban J connectivity index is 1.59. The standard InChI is InChI=1S/C27H26FN5O5/c1-14(2)15-7-9-16(10-8-15)24(35)32-22(18-5-3-4-6-19(18)28)23(34)25(36)30-17-11-12-21-20(13-17)31-26(29)33(21)27(37)38/h3-14,22-23,34H,1-2H3,(H2,29,31)(H,30,36)(H,32,35)(H,37,38). The Labute approximate surface area is 216 Å². The summed E-state index contributed by atoms with van der Waals surface area (Å²) < 4.78 is 15.5. The van der Waals surface area contributed by atoms with Crippen LogP contribution in [0.1, 0.15) is 47.3 Å². The van der Waals surface area contributed by atoms with E-state index in [0.29, 0.717) is 0 Å². The summed E-state index contributed by atoms with van der Waals surface area (Å²) in [6.45, 7) is 4.03. The highest BCUT2D eigenvalue weighted by Gasteiger charge is 2.31. The maximum absolute atomic E-state index is 14.7. The largest absolute Gasteiger partial charge is 0.464 e. The van der Waals surface area contributed by atoms with Crippen LogP contribution in [0, 0.1) is 5.82 Å². The maximum atomic E-state index is 14.7. The van der Waals surface area contributed by atoms with Crippen molar-refractivity contribution in [1.29, 1.82) is 0 Å². The molecule has 196 valence electrons. The average molecular weight is 520 g/mol. The minimum absolute atomic E-state index is 0.0780. The van der Waals surface area contributed by atoms with Gasteiger partial charge in [-0.2, -0.15) is 0 Å². The van der Waals surface area contributed by atoms with Crippen LogP contribution in [-0.2, 0) is 4.79 Å². The van der Waals surface area contributed by atoms with E-state index in [9.17, 15) is 29.0 Å². The molecule has 2 unspecified atom stereocenters. The van der Waals surface area contributed by atoms with Gasteiger partial charge in [-0.05, 0) is 47.9 Å². The number of nitrogen functional groups attached to an aromatic ring is 1. The fraction of sp³-hybridized carbons (Fsp3) is 0.185. The second-order valence-corrected chi connectivity index (χ2v) is 8.97. The Morgan fingerprint density at radius 2 is 1.71 bits per heavy atom. The highest BCUT2D eigenvalue weighted by Crippen LogP contribution is 2.25. The van der Waals surface area contributed by atoms with Crippen LogP contribution in [0.2, 0.25) is 0 Å². The molecular weight excluding hydrogens is 493 g/mol. The fourth-order valence-corrected chi connectivity index (χ4v) is 4.04.